The van der Waals surface area contributed by atoms with Crippen molar-refractivity contribution in [3.63, 3.8) is 0 Å². The number of anilines is 2. The maximum atomic E-state index is 13.7. The van der Waals surface area contributed by atoms with Gasteiger partial charge in [-0.05, 0) is 106 Å². The van der Waals surface area contributed by atoms with E-state index < -0.39 is 17.5 Å². The van der Waals surface area contributed by atoms with Crippen molar-refractivity contribution in [1.82, 2.24) is 29.7 Å². The molecule has 0 radical (unpaired) electrons. The van der Waals surface area contributed by atoms with Crippen molar-refractivity contribution in [3.8, 4) is 34.8 Å². The molecule has 2 aliphatic heterocycles. The van der Waals surface area contributed by atoms with Crippen LogP contribution in [-0.4, -0.2) is 108 Å². The van der Waals surface area contributed by atoms with Crippen molar-refractivity contribution >= 4 is 46.5 Å². The van der Waals surface area contributed by atoms with Gasteiger partial charge in [-0.3, -0.25) is 14.4 Å². The number of amides is 2. The smallest absolute Gasteiger partial charge is 0.343 e. The predicted molar refractivity (Wildman–Crippen MR) is 271 cm³/mol. The Morgan fingerprint density at radius 3 is 2.48 bits per heavy atom. The predicted octanol–water partition coefficient (Wildman–Crippen LogP) is 6.35. The number of aromatic nitrogens is 4. The molecular formula is C53H59N9O11. The van der Waals surface area contributed by atoms with E-state index in [1.165, 1.54) is 37.6 Å². The standard InChI is InChI=1S/C53H59N9O11/c1-8-53(67)37-24-39-44-34(27-62(39)49(65)35(37)28-70-50(53)66)33(32-13-9-10-14-38(32)57-44)26-56-71-29-42(63)54-19-11-21-61(5)22-12-20-55-51-59-47(68-6)45(48(60-51)69-7)58-46(64)40-15-16-43(72-40)73-41-25-36-31(23-30(41)2)17-18-52(36,3)4/h9-10,13-16,23-26,67H,8,11-12,17-22,27-29H2,1-7H3,(H,54,63)(H,58,64)(H,55,59,60)/b56-26+/t53-/m0/s1. The summed E-state index contributed by atoms with van der Waals surface area (Å²) in [4.78, 5) is 73.8. The van der Waals surface area contributed by atoms with Crippen molar-refractivity contribution in [2.75, 3.05) is 64.7 Å². The molecule has 20 heteroatoms. The van der Waals surface area contributed by atoms with E-state index in [9.17, 15) is 24.3 Å². The van der Waals surface area contributed by atoms with E-state index in [4.69, 9.17) is 33.2 Å². The van der Waals surface area contributed by atoms with Gasteiger partial charge in [0.05, 0.1) is 49.4 Å². The number of nitrogens with one attached hydrogen (secondary N) is 3. The summed E-state index contributed by atoms with van der Waals surface area (Å²) >= 11 is 0. The number of esters is 1. The number of hydrogen-bond acceptors (Lipinski definition) is 17. The van der Waals surface area contributed by atoms with Crippen LogP contribution in [0.2, 0.25) is 0 Å². The third kappa shape index (κ3) is 10.0. The van der Waals surface area contributed by atoms with Crippen LogP contribution in [0.25, 0.3) is 22.3 Å². The number of oxime groups is 1. The highest BCUT2D eigenvalue weighted by Crippen LogP contribution is 2.43. The first kappa shape index (κ1) is 50.1. The Morgan fingerprint density at radius 1 is 0.973 bits per heavy atom. The average Bonchev–Trinajstić information content (AvgIpc) is 4.09. The molecule has 382 valence electrons. The molecule has 0 saturated heterocycles. The molecule has 1 aliphatic carbocycles. The normalized spacial score (nSPS) is 16.2. The molecule has 0 bridgehead atoms. The lowest BCUT2D eigenvalue weighted by Crippen LogP contribution is -2.44. The van der Waals surface area contributed by atoms with E-state index in [-0.39, 0.29) is 89.3 Å². The van der Waals surface area contributed by atoms with Crippen LogP contribution in [-0.2, 0) is 49.8 Å². The van der Waals surface area contributed by atoms with Crippen LogP contribution in [0.5, 0.6) is 23.5 Å². The van der Waals surface area contributed by atoms with Gasteiger partial charge in [0.25, 0.3) is 23.3 Å². The molecule has 4 aromatic heterocycles. The number of nitrogens with zero attached hydrogens (tertiary/aromatic N) is 6. The molecule has 2 amide bonds. The van der Waals surface area contributed by atoms with Gasteiger partial charge in [0.2, 0.25) is 17.7 Å². The van der Waals surface area contributed by atoms with E-state index in [0.29, 0.717) is 53.3 Å². The van der Waals surface area contributed by atoms with Gasteiger partial charge in [-0.1, -0.05) is 50.2 Å². The molecule has 1 atom stereocenters. The Kier molecular flexibility index (Phi) is 14.2. The van der Waals surface area contributed by atoms with Gasteiger partial charge < -0.3 is 58.7 Å². The molecule has 3 aliphatic rings. The number of rotatable bonds is 20. The van der Waals surface area contributed by atoms with Crippen molar-refractivity contribution in [2.45, 2.75) is 84.0 Å². The summed E-state index contributed by atoms with van der Waals surface area (Å²) < 4.78 is 29.7. The molecule has 9 rings (SSSR count). The van der Waals surface area contributed by atoms with E-state index in [0.717, 1.165) is 43.3 Å². The van der Waals surface area contributed by atoms with Gasteiger partial charge >= 0.3 is 5.97 Å². The fraction of sp³-hybridized carbons (Fsp3) is 0.396. The summed E-state index contributed by atoms with van der Waals surface area (Å²) in [5, 5.41) is 25.0. The summed E-state index contributed by atoms with van der Waals surface area (Å²) in [6.07, 6.45) is 5.10. The average molecular weight is 998 g/mol. The van der Waals surface area contributed by atoms with Gasteiger partial charge in [-0.2, -0.15) is 9.97 Å². The molecule has 0 saturated carbocycles. The zero-order valence-corrected chi connectivity index (χ0v) is 42.0. The molecule has 0 fully saturated rings. The topological polar surface area (TPSA) is 243 Å². The Bertz CT molecular complexity index is 3190. The first-order valence-corrected chi connectivity index (χ1v) is 24.3. The van der Waals surface area contributed by atoms with Gasteiger partial charge in [0.15, 0.2) is 23.7 Å². The second-order valence-corrected chi connectivity index (χ2v) is 19.0. The van der Waals surface area contributed by atoms with Crippen molar-refractivity contribution < 1.29 is 47.7 Å². The number of benzene rings is 2. The number of furan rings is 1. The number of carbonyl (C=O) groups excluding carboxylic acids is 3. The summed E-state index contributed by atoms with van der Waals surface area (Å²) in [6.45, 7) is 10.2. The molecule has 20 nitrogen and oxygen atoms in total. The number of methoxy groups -OCH3 is 2. The molecular weight excluding hydrogens is 939 g/mol. The summed E-state index contributed by atoms with van der Waals surface area (Å²) in [5.41, 5.74) is 4.96. The number of para-hydroxylation sites is 1. The molecule has 4 N–H and O–H groups in total. The minimum atomic E-state index is -1.94. The van der Waals surface area contributed by atoms with Crippen LogP contribution < -0.4 is 35.7 Å². The van der Waals surface area contributed by atoms with E-state index in [2.05, 4.69) is 62.0 Å². The van der Waals surface area contributed by atoms with Crippen molar-refractivity contribution in [3.05, 3.63) is 110 Å². The highest BCUT2D eigenvalue weighted by Gasteiger charge is 2.45. The molecule has 0 unspecified atom stereocenters. The van der Waals surface area contributed by atoms with Gasteiger partial charge in [0.1, 0.15) is 12.4 Å². The van der Waals surface area contributed by atoms with E-state index in [1.807, 2.05) is 38.2 Å². The minimum absolute atomic E-state index is 0.0152. The van der Waals surface area contributed by atoms with Crippen LogP contribution in [0.3, 0.4) is 0 Å². The number of cyclic esters (lactones) is 1. The zero-order valence-electron chi connectivity index (χ0n) is 42.0. The summed E-state index contributed by atoms with van der Waals surface area (Å²) in [7, 11) is 4.86. The second kappa shape index (κ2) is 20.7. The number of fused-ring (bicyclic) bond motifs is 6. The van der Waals surface area contributed by atoms with Gasteiger partial charge in [0, 0.05) is 41.2 Å². The Morgan fingerprint density at radius 2 is 1.73 bits per heavy atom. The van der Waals surface area contributed by atoms with Crippen LogP contribution in [0.15, 0.2) is 69.0 Å². The summed E-state index contributed by atoms with van der Waals surface area (Å²) in [6, 6.07) is 16.5. The van der Waals surface area contributed by atoms with Crippen molar-refractivity contribution in [1.29, 1.82) is 0 Å². The largest absolute Gasteiger partial charge is 0.479 e. The highest BCUT2D eigenvalue weighted by atomic mass is 16.6. The Balaban J connectivity index is 0.716. The van der Waals surface area contributed by atoms with Crippen LogP contribution in [0, 0.1) is 6.92 Å². The third-order valence-corrected chi connectivity index (χ3v) is 13.8. The third-order valence-electron chi connectivity index (χ3n) is 13.8. The van der Waals surface area contributed by atoms with Crippen LogP contribution in [0.1, 0.15) is 96.0 Å². The van der Waals surface area contributed by atoms with E-state index in [1.54, 1.807) is 23.6 Å². The highest BCUT2D eigenvalue weighted by molar-refractivity contribution is 6.04. The molecule has 0 spiro atoms. The fourth-order valence-electron chi connectivity index (χ4n) is 9.64. The minimum Gasteiger partial charge on any atom is -0.479 e. The Hall–Kier alpha value is -7.84. The number of carbonyl (C=O) groups is 3. The molecule has 6 aromatic rings. The Labute approximate surface area is 421 Å². The maximum Gasteiger partial charge on any atom is 0.343 e. The number of hydrogen-bond donors (Lipinski definition) is 4. The van der Waals surface area contributed by atoms with E-state index >= 15 is 0 Å². The van der Waals surface area contributed by atoms with Crippen LogP contribution >= 0.6 is 0 Å². The van der Waals surface area contributed by atoms with Crippen molar-refractivity contribution in [2.24, 2.45) is 5.16 Å². The number of aryl methyl sites for hydroxylation is 2. The summed E-state index contributed by atoms with van der Waals surface area (Å²) in [5.74, 6) is -0.370. The number of pyridine rings is 2. The number of ether oxygens (including phenoxy) is 4. The van der Waals surface area contributed by atoms with Gasteiger partial charge in [-0.15, -0.1) is 0 Å². The van der Waals surface area contributed by atoms with Gasteiger partial charge in [-0.25, -0.2) is 9.78 Å². The zero-order chi connectivity index (χ0) is 51.6. The quantitative estimate of drug-likeness (QED) is 0.0281. The SMILES string of the molecule is CC[C@@]1(O)C(=O)OCc2c1cc1n(c2=O)Cc2c-1nc1ccccc1c2/C=N/OCC(=O)NCCCN(C)CCCNc1nc(OC)c(NC(=O)c2ccc(Oc3cc4c(cc3C)CCC4(C)C)o2)c(OC)n1. The lowest BCUT2D eigenvalue weighted by atomic mass is 9.86. The lowest BCUT2D eigenvalue weighted by molar-refractivity contribution is -0.172. The molecule has 2 aromatic carbocycles. The lowest BCUT2D eigenvalue weighted by Gasteiger charge is -2.31. The second-order valence-electron chi connectivity index (χ2n) is 19.0. The fourth-order valence-corrected chi connectivity index (χ4v) is 9.64. The number of aliphatic hydroxyl groups is 1. The monoisotopic (exact) mass is 997 g/mol. The molecule has 6 heterocycles. The molecule has 73 heavy (non-hydrogen) atoms. The first-order valence-electron chi connectivity index (χ1n) is 24.3. The maximum absolute atomic E-state index is 13.7. The van der Waals surface area contributed by atoms with Crippen LogP contribution in [0.4, 0.5) is 11.6 Å². The first-order chi connectivity index (χ1) is 35.1.